The molecule has 1 aliphatic carbocycles. The molecule has 1 aliphatic rings. The number of benzene rings is 1. The lowest BCUT2D eigenvalue weighted by Crippen LogP contribution is -2.31. The van der Waals surface area contributed by atoms with Gasteiger partial charge >= 0.3 is 0 Å². The van der Waals surface area contributed by atoms with E-state index in [4.69, 9.17) is 23.2 Å². The highest BCUT2D eigenvalue weighted by molar-refractivity contribution is 6.42. The number of hydrogen-bond donors (Lipinski definition) is 1. The third-order valence-electron chi connectivity index (χ3n) is 4.54. The van der Waals surface area contributed by atoms with E-state index in [0.717, 1.165) is 30.5 Å². The molecule has 0 aliphatic heterocycles. The molecule has 0 radical (unpaired) electrons. The lowest BCUT2D eigenvalue weighted by molar-refractivity contribution is 0.316. The third-order valence-corrected chi connectivity index (χ3v) is 5.40. The van der Waals surface area contributed by atoms with Gasteiger partial charge in [0.25, 0.3) is 0 Å². The Morgan fingerprint density at radius 1 is 1.14 bits per heavy atom. The van der Waals surface area contributed by atoms with Crippen molar-refractivity contribution in [3.8, 4) is 0 Å². The first kappa shape index (κ1) is 17.1. The van der Waals surface area contributed by atoms with Crippen LogP contribution >= 0.6 is 23.2 Å². The van der Waals surface area contributed by atoms with Gasteiger partial charge in [-0.2, -0.15) is 0 Å². The van der Waals surface area contributed by atoms with Crippen LogP contribution in [0.3, 0.4) is 0 Å². The summed E-state index contributed by atoms with van der Waals surface area (Å²) in [6, 6.07) is 6.00. The molecule has 3 heteroatoms. The first-order chi connectivity index (χ1) is 10.1. The summed E-state index contributed by atoms with van der Waals surface area (Å²) in [4.78, 5) is 0. The molecule has 1 atom stereocenters. The largest absolute Gasteiger partial charge is 0.316 e. The monoisotopic (exact) mass is 327 g/mol. The number of hydrogen-bond acceptors (Lipinski definition) is 1. The zero-order chi connectivity index (χ0) is 15.2. The van der Waals surface area contributed by atoms with Crippen LogP contribution in [0.15, 0.2) is 18.2 Å². The molecule has 1 nitrogen and oxygen atoms in total. The average molecular weight is 328 g/mol. The molecule has 1 aromatic carbocycles. The second-order valence-corrected chi connectivity index (χ2v) is 7.56. The highest BCUT2D eigenvalue weighted by Crippen LogP contribution is 2.35. The van der Waals surface area contributed by atoms with Crippen molar-refractivity contribution in [2.45, 2.75) is 46.0 Å². The van der Waals surface area contributed by atoms with Gasteiger partial charge in [-0.25, -0.2) is 0 Å². The fourth-order valence-electron chi connectivity index (χ4n) is 3.38. The van der Waals surface area contributed by atoms with Crippen molar-refractivity contribution in [1.29, 1.82) is 0 Å². The van der Waals surface area contributed by atoms with E-state index < -0.39 is 0 Å². The van der Waals surface area contributed by atoms with Gasteiger partial charge in [0.1, 0.15) is 0 Å². The normalized spacial score (nSPS) is 17.6. The maximum Gasteiger partial charge on any atom is 0.0624 e. The SMILES string of the molecule is CC(C)CNCC(Cc1cccc(Cl)c1Cl)C1CCCC1. The standard InChI is InChI=1S/C18H27Cl2N/c1-13(2)11-21-12-16(14-6-3-4-7-14)10-15-8-5-9-17(19)18(15)20/h5,8-9,13-14,16,21H,3-4,6-7,10-12H2,1-2H3. The molecule has 0 amide bonds. The summed E-state index contributed by atoms with van der Waals surface area (Å²) in [5, 5.41) is 5.06. The predicted octanol–water partition coefficient (Wildman–Crippen LogP) is 5.59. The van der Waals surface area contributed by atoms with Gasteiger partial charge in [-0.1, -0.05) is 74.9 Å². The first-order valence-corrected chi connectivity index (χ1v) is 8.97. The van der Waals surface area contributed by atoms with Crippen molar-refractivity contribution in [3.05, 3.63) is 33.8 Å². The number of rotatable bonds is 7. The van der Waals surface area contributed by atoms with Gasteiger partial charge in [0.2, 0.25) is 0 Å². The summed E-state index contributed by atoms with van der Waals surface area (Å²) in [6.07, 6.45) is 6.54. The van der Waals surface area contributed by atoms with E-state index in [1.54, 1.807) is 0 Å². The molecule has 1 unspecified atom stereocenters. The molecule has 21 heavy (non-hydrogen) atoms. The highest BCUT2D eigenvalue weighted by Gasteiger charge is 2.25. The maximum absolute atomic E-state index is 6.38. The summed E-state index contributed by atoms with van der Waals surface area (Å²) in [5.41, 5.74) is 1.20. The molecule has 0 bridgehead atoms. The smallest absolute Gasteiger partial charge is 0.0624 e. The van der Waals surface area contributed by atoms with E-state index in [1.165, 1.54) is 31.2 Å². The van der Waals surface area contributed by atoms with Gasteiger partial charge in [-0.3, -0.25) is 0 Å². The summed E-state index contributed by atoms with van der Waals surface area (Å²) in [6.45, 7) is 6.69. The summed E-state index contributed by atoms with van der Waals surface area (Å²) in [5.74, 6) is 2.20. The van der Waals surface area contributed by atoms with Crippen LogP contribution in [-0.4, -0.2) is 13.1 Å². The molecule has 0 aromatic heterocycles. The first-order valence-electron chi connectivity index (χ1n) is 8.21. The van der Waals surface area contributed by atoms with Crippen LogP contribution in [-0.2, 0) is 6.42 Å². The Morgan fingerprint density at radius 3 is 2.52 bits per heavy atom. The van der Waals surface area contributed by atoms with E-state index in [-0.39, 0.29) is 0 Å². The molecule has 2 rings (SSSR count). The Hall–Kier alpha value is -0.240. The Bertz CT molecular complexity index is 439. The molecular formula is C18H27Cl2N. The molecule has 0 heterocycles. The zero-order valence-electron chi connectivity index (χ0n) is 13.2. The molecule has 1 saturated carbocycles. The van der Waals surface area contributed by atoms with Crippen molar-refractivity contribution in [3.63, 3.8) is 0 Å². The van der Waals surface area contributed by atoms with Gasteiger partial charge in [0, 0.05) is 0 Å². The minimum absolute atomic E-state index is 0.669. The zero-order valence-corrected chi connectivity index (χ0v) is 14.7. The van der Waals surface area contributed by atoms with Crippen molar-refractivity contribution >= 4 is 23.2 Å². The Morgan fingerprint density at radius 2 is 1.86 bits per heavy atom. The molecule has 1 aromatic rings. The van der Waals surface area contributed by atoms with Crippen LogP contribution in [0.5, 0.6) is 0 Å². The summed E-state index contributed by atoms with van der Waals surface area (Å²) < 4.78 is 0. The minimum Gasteiger partial charge on any atom is -0.316 e. The van der Waals surface area contributed by atoms with Crippen LogP contribution in [0.2, 0.25) is 10.0 Å². The number of halogens is 2. The topological polar surface area (TPSA) is 12.0 Å². The van der Waals surface area contributed by atoms with Crippen LogP contribution in [0.4, 0.5) is 0 Å². The third kappa shape index (κ3) is 5.16. The quantitative estimate of drug-likeness (QED) is 0.688. The van der Waals surface area contributed by atoms with Crippen LogP contribution in [0.25, 0.3) is 0 Å². The molecular weight excluding hydrogens is 301 g/mol. The van der Waals surface area contributed by atoms with Crippen molar-refractivity contribution in [2.24, 2.45) is 17.8 Å². The highest BCUT2D eigenvalue weighted by atomic mass is 35.5. The second kappa shape index (κ2) is 8.41. The van der Waals surface area contributed by atoms with Gasteiger partial charge in [-0.05, 0) is 48.9 Å². The number of nitrogens with one attached hydrogen (secondary N) is 1. The van der Waals surface area contributed by atoms with Crippen LogP contribution in [0, 0.1) is 17.8 Å². The lowest BCUT2D eigenvalue weighted by atomic mass is 9.85. The molecule has 118 valence electrons. The maximum atomic E-state index is 6.38. The van der Waals surface area contributed by atoms with Crippen molar-refractivity contribution < 1.29 is 0 Å². The van der Waals surface area contributed by atoms with Crippen molar-refractivity contribution in [2.75, 3.05) is 13.1 Å². The summed E-state index contributed by atoms with van der Waals surface area (Å²) in [7, 11) is 0. The Labute approximate surface area is 139 Å². The van der Waals surface area contributed by atoms with E-state index >= 15 is 0 Å². The average Bonchev–Trinajstić information content (AvgIpc) is 2.96. The van der Waals surface area contributed by atoms with Gasteiger partial charge < -0.3 is 5.32 Å². The fourth-order valence-corrected chi connectivity index (χ4v) is 3.78. The Kier molecular flexibility index (Phi) is 6.85. The molecule has 1 N–H and O–H groups in total. The van der Waals surface area contributed by atoms with E-state index in [1.807, 2.05) is 12.1 Å². The van der Waals surface area contributed by atoms with Gasteiger partial charge in [0.05, 0.1) is 10.0 Å². The Balaban J connectivity index is 2.02. The predicted molar refractivity (Wildman–Crippen MR) is 93.3 cm³/mol. The molecule has 0 spiro atoms. The summed E-state index contributed by atoms with van der Waals surface area (Å²) >= 11 is 12.5. The molecule has 1 fully saturated rings. The van der Waals surface area contributed by atoms with Gasteiger partial charge in [-0.15, -0.1) is 0 Å². The molecule has 0 saturated heterocycles. The van der Waals surface area contributed by atoms with Crippen molar-refractivity contribution in [1.82, 2.24) is 5.32 Å². The van der Waals surface area contributed by atoms with Gasteiger partial charge in [0.15, 0.2) is 0 Å². The van der Waals surface area contributed by atoms with E-state index in [0.29, 0.717) is 16.9 Å². The van der Waals surface area contributed by atoms with Crippen LogP contribution < -0.4 is 5.32 Å². The minimum atomic E-state index is 0.669. The van der Waals surface area contributed by atoms with E-state index in [9.17, 15) is 0 Å². The van der Waals surface area contributed by atoms with E-state index in [2.05, 4.69) is 25.2 Å². The lowest BCUT2D eigenvalue weighted by Gasteiger charge is -2.25. The fraction of sp³-hybridized carbons (Fsp3) is 0.667. The van der Waals surface area contributed by atoms with Crippen LogP contribution in [0.1, 0.15) is 45.1 Å². The second-order valence-electron chi connectivity index (χ2n) is 6.77.